The van der Waals surface area contributed by atoms with Crippen LogP contribution in [-0.4, -0.2) is 38.9 Å². The first-order valence-electron chi connectivity index (χ1n) is 4.04. The van der Waals surface area contributed by atoms with Gasteiger partial charge in [0.15, 0.2) is 11.5 Å². The number of hydrogen-bond acceptors (Lipinski definition) is 6. The number of aliphatic hydroxyl groups is 2. The van der Waals surface area contributed by atoms with Crippen molar-refractivity contribution in [1.29, 1.82) is 0 Å². The number of carbonyl (C=O) groups is 1. The van der Waals surface area contributed by atoms with Gasteiger partial charge in [0.1, 0.15) is 0 Å². The van der Waals surface area contributed by atoms with E-state index in [2.05, 4.69) is 4.42 Å². The van der Waals surface area contributed by atoms with Crippen molar-refractivity contribution in [3.8, 4) is 0 Å². The fraction of sp³-hybridized carbons (Fsp3) is 0.250. The van der Waals surface area contributed by atoms with Gasteiger partial charge in [0.2, 0.25) is 0 Å². The molecule has 0 saturated heterocycles. The summed E-state index contributed by atoms with van der Waals surface area (Å²) in [5.41, 5.74) is -1.90. The number of furan rings is 1. The molecule has 1 heterocycles. The van der Waals surface area contributed by atoms with Gasteiger partial charge in [-0.05, 0) is 12.1 Å². The number of nitrogens with zero attached hydrogens (tertiary/aromatic N) is 1. The van der Waals surface area contributed by atoms with Crippen LogP contribution in [0.4, 0.5) is 13.2 Å². The highest BCUT2D eigenvalue weighted by Gasteiger charge is 2.59. The van der Waals surface area contributed by atoms with Gasteiger partial charge in [-0.15, -0.1) is 0 Å². The molecule has 0 bridgehead atoms. The Bertz CT molecular complexity index is 435. The van der Waals surface area contributed by atoms with Crippen molar-refractivity contribution in [3.63, 3.8) is 0 Å². The molecular weight excluding hydrogens is 247 g/mol. The highest BCUT2D eigenvalue weighted by molar-refractivity contribution is 6.47. The second kappa shape index (κ2) is 4.18. The van der Waals surface area contributed by atoms with E-state index in [1.807, 2.05) is 5.16 Å². The van der Waals surface area contributed by atoms with E-state index in [4.69, 9.17) is 15.4 Å². The van der Waals surface area contributed by atoms with Crippen LogP contribution >= 0.6 is 0 Å². The van der Waals surface area contributed by atoms with Gasteiger partial charge in [-0.25, -0.2) is 0 Å². The Morgan fingerprint density at radius 1 is 1.35 bits per heavy atom. The highest BCUT2D eigenvalue weighted by atomic mass is 19.4. The molecule has 0 aliphatic heterocycles. The number of alkyl halides is 3. The molecule has 17 heavy (non-hydrogen) atoms. The van der Waals surface area contributed by atoms with Crippen molar-refractivity contribution in [2.45, 2.75) is 12.0 Å². The van der Waals surface area contributed by atoms with Crippen molar-refractivity contribution in [3.05, 3.63) is 24.2 Å². The fourth-order valence-corrected chi connectivity index (χ4v) is 0.932. The van der Waals surface area contributed by atoms with Crippen LogP contribution in [0.15, 0.2) is 28.0 Å². The Labute approximate surface area is 91.6 Å². The van der Waals surface area contributed by atoms with Crippen LogP contribution in [0.2, 0.25) is 0 Å². The predicted molar refractivity (Wildman–Crippen MR) is 45.5 cm³/mol. The third-order valence-electron chi connectivity index (χ3n) is 1.79. The van der Waals surface area contributed by atoms with Crippen LogP contribution in [0.5, 0.6) is 0 Å². The van der Waals surface area contributed by atoms with E-state index in [-0.39, 0.29) is 0 Å². The van der Waals surface area contributed by atoms with Gasteiger partial charge < -0.3 is 19.8 Å². The quantitative estimate of drug-likeness (QED) is 0.240. The molecule has 9 heteroatoms. The Kier molecular flexibility index (Phi) is 3.25. The molecule has 0 aliphatic carbocycles. The van der Waals surface area contributed by atoms with E-state index in [0.717, 1.165) is 12.3 Å². The molecule has 0 aromatic carbocycles. The number of hydrogen-bond donors (Lipinski definition) is 3. The Morgan fingerprint density at radius 3 is 2.29 bits per heavy atom. The summed E-state index contributed by atoms with van der Waals surface area (Å²) < 4.78 is 41.0. The first-order valence-corrected chi connectivity index (χ1v) is 4.04. The normalized spacial score (nSPS) is 13.8. The number of Topliss-reactive ketones (excluding diaryl/α,β-unsaturated/α-hetero) is 1. The molecule has 0 atom stereocenters. The zero-order chi connectivity index (χ0) is 13.3. The van der Waals surface area contributed by atoms with Crippen LogP contribution in [-0.2, 0) is 0 Å². The summed E-state index contributed by atoms with van der Waals surface area (Å²) in [5.74, 6) is -6.79. The molecule has 0 radical (unpaired) electrons. The zero-order valence-electron chi connectivity index (χ0n) is 7.97. The average Bonchev–Trinajstić information content (AvgIpc) is 2.68. The second-order valence-corrected chi connectivity index (χ2v) is 2.93. The van der Waals surface area contributed by atoms with Gasteiger partial charge >= 0.3 is 12.0 Å². The number of halogens is 3. The standard InChI is InChI=1S/C8H6F3NO5/c9-8(10,11)7(14,15)6(12-16)5(13)4-2-1-3-17-4/h1-3,14-16H/b12-6+. The average molecular weight is 253 g/mol. The first-order chi connectivity index (χ1) is 7.71. The maximum absolute atomic E-state index is 12.2. The summed E-state index contributed by atoms with van der Waals surface area (Å²) in [4.78, 5) is 11.3. The van der Waals surface area contributed by atoms with Crippen molar-refractivity contribution < 1.29 is 37.8 Å². The molecule has 1 rings (SSSR count). The number of ketones is 1. The molecule has 0 aliphatic rings. The molecule has 0 spiro atoms. The van der Waals surface area contributed by atoms with E-state index >= 15 is 0 Å². The van der Waals surface area contributed by atoms with Crippen LogP contribution in [0.25, 0.3) is 0 Å². The van der Waals surface area contributed by atoms with Crippen molar-refractivity contribution >= 4 is 11.5 Å². The van der Waals surface area contributed by atoms with Gasteiger partial charge in [-0.2, -0.15) is 13.2 Å². The Morgan fingerprint density at radius 2 is 1.94 bits per heavy atom. The van der Waals surface area contributed by atoms with Crippen LogP contribution in [0.1, 0.15) is 10.6 Å². The molecule has 3 N–H and O–H groups in total. The zero-order valence-corrected chi connectivity index (χ0v) is 7.97. The number of oxime groups is 1. The smallest absolute Gasteiger partial charge is 0.449 e. The lowest BCUT2D eigenvalue weighted by atomic mass is 10.0. The maximum Gasteiger partial charge on any atom is 0.449 e. The minimum Gasteiger partial charge on any atom is -0.461 e. The molecule has 1 aromatic rings. The summed E-state index contributed by atoms with van der Waals surface area (Å²) in [6.07, 6.45) is -4.62. The van der Waals surface area contributed by atoms with Crippen LogP contribution in [0, 0.1) is 0 Å². The summed E-state index contributed by atoms with van der Waals surface area (Å²) in [7, 11) is 0. The molecule has 0 unspecified atom stereocenters. The van der Waals surface area contributed by atoms with Crippen LogP contribution in [0.3, 0.4) is 0 Å². The Hall–Kier alpha value is -1.87. The first kappa shape index (κ1) is 13.2. The number of carbonyl (C=O) groups excluding carboxylic acids is 1. The lowest BCUT2D eigenvalue weighted by Crippen LogP contribution is -2.54. The third kappa shape index (κ3) is 2.29. The van der Waals surface area contributed by atoms with Gasteiger partial charge in [0, 0.05) is 0 Å². The molecule has 94 valence electrons. The van der Waals surface area contributed by atoms with E-state index in [1.165, 1.54) is 6.07 Å². The SMILES string of the molecule is O=C(/C(=N\O)C(O)(O)C(F)(F)F)c1ccco1. The fourth-order valence-electron chi connectivity index (χ4n) is 0.932. The minimum absolute atomic E-state index is 0.630. The van der Waals surface area contributed by atoms with Crippen molar-refractivity contribution in [2.75, 3.05) is 0 Å². The number of rotatable bonds is 3. The van der Waals surface area contributed by atoms with Crippen LogP contribution < -0.4 is 0 Å². The predicted octanol–water partition coefficient (Wildman–Crippen LogP) is 0.536. The molecule has 1 aromatic heterocycles. The Balaban J connectivity index is 3.15. The lowest BCUT2D eigenvalue weighted by Gasteiger charge is -2.23. The summed E-state index contributed by atoms with van der Waals surface area (Å²) in [6, 6.07) is 2.16. The van der Waals surface area contributed by atoms with E-state index in [9.17, 15) is 18.0 Å². The van der Waals surface area contributed by atoms with Gasteiger partial charge in [-0.1, -0.05) is 5.16 Å². The summed E-state index contributed by atoms with van der Waals surface area (Å²) in [6.45, 7) is 0. The van der Waals surface area contributed by atoms with Gasteiger partial charge in [0.05, 0.1) is 6.26 Å². The monoisotopic (exact) mass is 253 g/mol. The molecule has 0 fully saturated rings. The highest BCUT2D eigenvalue weighted by Crippen LogP contribution is 2.30. The van der Waals surface area contributed by atoms with Crippen molar-refractivity contribution in [2.24, 2.45) is 5.16 Å². The van der Waals surface area contributed by atoms with E-state index < -0.39 is 29.2 Å². The van der Waals surface area contributed by atoms with E-state index in [1.54, 1.807) is 0 Å². The summed E-state index contributed by atoms with van der Waals surface area (Å²) >= 11 is 0. The maximum atomic E-state index is 12.2. The largest absolute Gasteiger partial charge is 0.461 e. The molecule has 0 saturated carbocycles. The third-order valence-corrected chi connectivity index (χ3v) is 1.79. The lowest BCUT2D eigenvalue weighted by molar-refractivity contribution is -0.311. The topological polar surface area (TPSA) is 103 Å². The molecule has 6 nitrogen and oxygen atoms in total. The second-order valence-electron chi connectivity index (χ2n) is 2.93. The van der Waals surface area contributed by atoms with Crippen molar-refractivity contribution in [1.82, 2.24) is 0 Å². The molecule has 0 amide bonds. The van der Waals surface area contributed by atoms with Gasteiger partial charge in [0.25, 0.3) is 5.78 Å². The molecular formula is C8H6F3NO5. The van der Waals surface area contributed by atoms with Gasteiger partial charge in [-0.3, -0.25) is 4.79 Å². The minimum atomic E-state index is -5.60. The summed E-state index contributed by atoms with van der Waals surface area (Å²) in [5, 5.41) is 27.8. The van der Waals surface area contributed by atoms with E-state index in [0.29, 0.717) is 0 Å².